The molecule has 0 aliphatic carbocycles. The summed E-state index contributed by atoms with van der Waals surface area (Å²) in [6, 6.07) is 8.11. The van der Waals surface area contributed by atoms with Gasteiger partial charge in [0.05, 0.1) is 6.61 Å². The van der Waals surface area contributed by atoms with Gasteiger partial charge < -0.3 is 4.74 Å². The number of hydrogen-bond donors (Lipinski definition) is 0. The third-order valence-corrected chi connectivity index (χ3v) is 2.45. The molecule has 0 radical (unpaired) electrons. The highest BCUT2D eigenvalue weighted by Gasteiger charge is 2.02. The van der Waals surface area contributed by atoms with Crippen LogP contribution in [0.5, 0.6) is 5.75 Å². The van der Waals surface area contributed by atoms with Crippen LogP contribution in [0.25, 0.3) is 0 Å². The van der Waals surface area contributed by atoms with Crippen LogP contribution in [-0.2, 0) is 0 Å². The van der Waals surface area contributed by atoms with Crippen molar-refractivity contribution in [3.05, 3.63) is 29.8 Å². The highest BCUT2D eigenvalue weighted by Crippen LogP contribution is 2.19. The van der Waals surface area contributed by atoms with E-state index in [0.29, 0.717) is 18.4 Å². The third kappa shape index (κ3) is 2.92. The Morgan fingerprint density at radius 3 is 2.38 bits per heavy atom. The minimum Gasteiger partial charge on any atom is -0.494 e. The molecule has 0 saturated carbocycles. The summed E-state index contributed by atoms with van der Waals surface area (Å²) in [4.78, 5) is 0. The normalized spacial score (nSPS) is 12.5. The Bertz CT molecular complexity index is 243. The van der Waals surface area contributed by atoms with Crippen molar-refractivity contribution in [2.75, 3.05) is 12.5 Å². The molecule has 1 unspecified atom stereocenters. The molecule has 1 aromatic carbocycles. The van der Waals surface area contributed by atoms with E-state index in [0.717, 1.165) is 5.75 Å². The Kier molecular flexibility index (Phi) is 4.10. The van der Waals surface area contributed by atoms with Crippen LogP contribution < -0.4 is 4.74 Å². The second kappa shape index (κ2) is 5.13. The van der Waals surface area contributed by atoms with E-state index in [4.69, 9.17) is 16.3 Å². The quantitative estimate of drug-likeness (QED) is 0.674. The van der Waals surface area contributed by atoms with Crippen molar-refractivity contribution >= 4 is 11.6 Å². The molecular formula is C11H15ClO. The number of halogens is 1. The number of hydrogen-bond acceptors (Lipinski definition) is 1. The van der Waals surface area contributed by atoms with Crippen LogP contribution in [0.2, 0.25) is 0 Å². The van der Waals surface area contributed by atoms with Crippen LogP contribution in [0, 0.1) is 0 Å². The Balaban J connectivity index is 2.69. The molecule has 0 fully saturated rings. The largest absolute Gasteiger partial charge is 0.494 e. The number of rotatable bonds is 4. The lowest BCUT2D eigenvalue weighted by atomic mass is 10.0. The topological polar surface area (TPSA) is 9.23 Å². The predicted octanol–water partition coefficient (Wildman–Crippen LogP) is 3.43. The smallest absolute Gasteiger partial charge is 0.119 e. The van der Waals surface area contributed by atoms with Gasteiger partial charge in [-0.3, -0.25) is 0 Å². The highest BCUT2D eigenvalue weighted by atomic mass is 35.5. The zero-order valence-corrected chi connectivity index (χ0v) is 8.84. The van der Waals surface area contributed by atoms with Crippen molar-refractivity contribution in [2.24, 2.45) is 0 Å². The van der Waals surface area contributed by atoms with Gasteiger partial charge in [0, 0.05) is 5.88 Å². The number of ether oxygens (including phenoxy) is 1. The van der Waals surface area contributed by atoms with Crippen molar-refractivity contribution in [2.45, 2.75) is 19.8 Å². The Labute approximate surface area is 84.7 Å². The van der Waals surface area contributed by atoms with Crippen molar-refractivity contribution < 1.29 is 4.74 Å². The second-order valence-electron chi connectivity index (χ2n) is 3.06. The lowest BCUT2D eigenvalue weighted by molar-refractivity contribution is 0.340. The SMILES string of the molecule is CCOc1ccc(C(C)CCl)cc1. The predicted molar refractivity (Wildman–Crippen MR) is 56.7 cm³/mol. The average Bonchev–Trinajstić information content (AvgIpc) is 2.18. The van der Waals surface area contributed by atoms with Gasteiger partial charge in [0.2, 0.25) is 0 Å². The fourth-order valence-electron chi connectivity index (χ4n) is 1.15. The van der Waals surface area contributed by atoms with Crippen LogP contribution in [0.15, 0.2) is 24.3 Å². The fourth-order valence-corrected chi connectivity index (χ4v) is 1.33. The minimum absolute atomic E-state index is 0.414. The van der Waals surface area contributed by atoms with Crippen molar-refractivity contribution in [1.82, 2.24) is 0 Å². The van der Waals surface area contributed by atoms with Gasteiger partial charge in [-0.25, -0.2) is 0 Å². The van der Waals surface area contributed by atoms with Gasteiger partial charge in [0.1, 0.15) is 5.75 Å². The summed E-state index contributed by atoms with van der Waals surface area (Å²) in [7, 11) is 0. The lowest BCUT2D eigenvalue weighted by Crippen LogP contribution is -1.95. The molecule has 0 bridgehead atoms. The molecule has 0 amide bonds. The van der Waals surface area contributed by atoms with Crippen LogP contribution in [0.1, 0.15) is 25.3 Å². The monoisotopic (exact) mass is 198 g/mol. The standard InChI is InChI=1S/C11H15ClO/c1-3-13-11-6-4-10(5-7-11)9(2)8-12/h4-7,9H,3,8H2,1-2H3. The molecule has 13 heavy (non-hydrogen) atoms. The zero-order chi connectivity index (χ0) is 9.68. The summed E-state index contributed by atoms with van der Waals surface area (Å²) in [5.41, 5.74) is 1.26. The molecule has 0 heterocycles. The lowest BCUT2D eigenvalue weighted by Gasteiger charge is -2.08. The van der Waals surface area contributed by atoms with Gasteiger partial charge in [0.25, 0.3) is 0 Å². The summed E-state index contributed by atoms with van der Waals surface area (Å²) in [6.45, 7) is 4.81. The molecule has 72 valence electrons. The van der Waals surface area contributed by atoms with Crippen LogP contribution >= 0.6 is 11.6 Å². The van der Waals surface area contributed by atoms with Gasteiger partial charge in [-0.05, 0) is 30.5 Å². The molecule has 0 aliphatic rings. The maximum absolute atomic E-state index is 5.76. The summed E-state index contributed by atoms with van der Waals surface area (Å²) in [5.74, 6) is 2.00. The first-order chi connectivity index (χ1) is 6.27. The van der Waals surface area contributed by atoms with E-state index in [2.05, 4.69) is 19.1 Å². The van der Waals surface area contributed by atoms with Crippen molar-refractivity contribution in [1.29, 1.82) is 0 Å². The van der Waals surface area contributed by atoms with Crippen molar-refractivity contribution in [3.63, 3.8) is 0 Å². The summed E-state index contributed by atoms with van der Waals surface area (Å²) < 4.78 is 5.34. The van der Waals surface area contributed by atoms with E-state index in [1.54, 1.807) is 0 Å². The van der Waals surface area contributed by atoms with E-state index < -0.39 is 0 Å². The molecule has 1 aromatic rings. The summed E-state index contributed by atoms with van der Waals surface area (Å²) in [5, 5.41) is 0. The van der Waals surface area contributed by atoms with Gasteiger partial charge in [-0.1, -0.05) is 19.1 Å². The Morgan fingerprint density at radius 2 is 1.92 bits per heavy atom. The van der Waals surface area contributed by atoms with E-state index in [1.807, 2.05) is 19.1 Å². The highest BCUT2D eigenvalue weighted by molar-refractivity contribution is 6.18. The fraction of sp³-hybridized carbons (Fsp3) is 0.455. The van der Waals surface area contributed by atoms with Gasteiger partial charge in [0.15, 0.2) is 0 Å². The number of alkyl halides is 1. The summed E-state index contributed by atoms with van der Waals surface area (Å²) >= 11 is 5.76. The van der Waals surface area contributed by atoms with E-state index in [1.165, 1.54) is 5.56 Å². The molecule has 0 N–H and O–H groups in total. The van der Waals surface area contributed by atoms with Crippen LogP contribution in [0.4, 0.5) is 0 Å². The Hall–Kier alpha value is -0.690. The second-order valence-corrected chi connectivity index (χ2v) is 3.37. The van der Waals surface area contributed by atoms with Gasteiger partial charge in [-0.2, -0.15) is 0 Å². The molecule has 0 spiro atoms. The molecule has 1 rings (SSSR count). The average molecular weight is 199 g/mol. The Morgan fingerprint density at radius 1 is 1.31 bits per heavy atom. The van der Waals surface area contributed by atoms with E-state index >= 15 is 0 Å². The molecule has 1 atom stereocenters. The first kappa shape index (κ1) is 10.4. The zero-order valence-electron chi connectivity index (χ0n) is 8.09. The molecule has 0 saturated heterocycles. The molecule has 0 aromatic heterocycles. The maximum Gasteiger partial charge on any atom is 0.119 e. The van der Waals surface area contributed by atoms with E-state index in [9.17, 15) is 0 Å². The molecule has 2 heteroatoms. The first-order valence-corrected chi connectivity index (χ1v) is 5.10. The maximum atomic E-state index is 5.76. The summed E-state index contributed by atoms with van der Waals surface area (Å²) in [6.07, 6.45) is 0. The minimum atomic E-state index is 0.414. The van der Waals surface area contributed by atoms with Crippen molar-refractivity contribution in [3.8, 4) is 5.75 Å². The van der Waals surface area contributed by atoms with E-state index in [-0.39, 0.29) is 0 Å². The molecule has 1 nitrogen and oxygen atoms in total. The van der Waals surface area contributed by atoms with Gasteiger partial charge in [-0.15, -0.1) is 11.6 Å². The third-order valence-electron chi connectivity index (χ3n) is 1.99. The first-order valence-electron chi connectivity index (χ1n) is 4.56. The molecular weight excluding hydrogens is 184 g/mol. The van der Waals surface area contributed by atoms with Crippen LogP contribution in [0.3, 0.4) is 0 Å². The molecule has 0 aliphatic heterocycles. The van der Waals surface area contributed by atoms with Crippen LogP contribution in [-0.4, -0.2) is 12.5 Å². The van der Waals surface area contributed by atoms with Gasteiger partial charge >= 0.3 is 0 Å². The number of benzene rings is 1.